The van der Waals surface area contributed by atoms with Crippen LogP contribution >= 0.6 is 0 Å². The Bertz CT molecular complexity index is 230. The van der Waals surface area contributed by atoms with Gasteiger partial charge in [0.25, 0.3) is 0 Å². The fourth-order valence-corrected chi connectivity index (χ4v) is 0.650. The van der Waals surface area contributed by atoms with Gasteiger partial charge >= 0.3 is 5.97 Å². The summed E-state index contributed by atoms with van der Waals surface area (Å²) in [6.07, 6.45) is 0. The number of ether oxygens (including phenoxy) is 1. The minimum Gasteiger partial charge on any atom is -0.477 e. The number of carboxylic acids is 1. The van der Waals surface area contributed by atoms with Gasteiger partial charge in [0, 0.05) is 0 Å². The van der Waals surface area contributed by atoms with Crippen LogP contribution in [0.25, 0.3) is 0 Å². The molecule has 0 unspecified atom stereocenters. The van der Waals surface area contributed by atoms with Crippen molar-refractivity contribution in [3.05, 3.63) is 11.5 Å². The molecule has 0 aliphatic carbocycles. The standard InChI is InChI=1S/C5H5NO4/c6-4-3(5(8)9)2(7)1-10-4/h1,6H2,(H,8,9). The fourth-order valence-electron chi connectivity index (χ4n) is 0.650. The van der Waals surface area contributed by atoms with Gasteiger partial charge < -0.3 is 15.6 Å². The van der Waals surface area contributed by atoms with Gasteiger partial charge in [-0.15, -0.1) is 0 Å². The molecular formula is C5H5NO4. The summed E-state index contributed by atoms with van der Waals surface area (Å²) >= 11 is 0. The highest BCUT2D eigenvalue weighted by molar-refractivity contribution is 6.18. The number of rotatable bonds is 1. The molecule has 0 saturated heterocycles. The van der Waals surface area contributed by atoms with Crippen LogP contribution in [-0.2, 0) is 14.3 Å². The molecule has 5 nitrogen and oxygen atoms in total. The van der Waals surface area contributed by atoms with Crippen LogP contribution in [0.1, 0.15) is 0 Å². The van der Waals surface area contributed by atoms with Crippen molar-refractivity contribution in [1.29, 1.82) is 0 Å². The molecule has 0 bridgehead atoms. The molecule has 0 spiro atoms. The second-order valence-corrected chi connectivity index (χ2v) is 1.76. The Morgan fingerprint density at radius 2 is 2.30 bits per heavy atom. The maximum Gasteiger partial charge on any atom is 0.344 e. The number of ketones is 1. The number of Topliss-reactive ketones (excluding diaryl/α,β-unsaturated/α-hetero) is 1. The van der Waals surface area contributed by atoms with Crippen LogP contribution in [0.15, 0.2) is 11.5 Å². The molecule has 0 aromatic heterocycles. The summed E-state index contributed by atoms with van der Waals surface area (Å²) in [5.74, 6) is -2.21. The van der Waals surface area contributed by atoms with Gasteiger partial charge in [-0.2, -0.15) is 0 Å². The summed E-state index contributed by atoms with van der Waals surface area (Å²) in [6, 6.07) is 0. The number of carbonyl (C=O) groups excluding carboxylic acids is 1. The largest absolute Gasteiger partial charge is 0.477 e. The van der Waals surface area contributed by atoms with Gasteiger partial charge in [0.05, 0.1) is 0 Å². The lowest BCUT2D eigenvalue weighted by Crippen LogP contribution is -2.12. The molecule has 0 radical (unpaired) electrons. The number of carboxylic acid groups (broad SMARTS) is 1. The van der Waals surface area contributed by atoms with Crippen molar-refractivity contribution in [3.63, 3.8) is 0 Å². The quantitative estimate of drug-likeness (QED) is 0.452. The lowest BCUT2D eigenvalue weighted by atomic mass is 10.2. The van der Waals surface area contributed by atoms with Crippen LogP contribution in [0.3, 0.4) is 0 Å². The summed E-state index contributed by atoms with van der Waals surface area (Å²) in [7, 11) is 0. The molecule has 1 rings (SSSR count). The molecular weight excluding hydrogens is 138 g/mol. The normalized spacial score (nSPS) is 17.4. The van der Waals surface area contributed by atoms with Gasteiger partial charge in [-0.3, -0.25) is 4.79 Å². The van der Waals surface area contributed by atoms with E-state index in [1.165, 1.54) is 0 Å². The van der Waals surface area contributed by atoms with Crippen molar-refractivity contribution in [2.45, 2.75) is 0 Å². The highest BCUT2D eigenvalue weighted by Crippen LogP contribution is 2.10. The van der Waals surface area contributed by atoms with E-state index in [-0.39, 0.29) is 12.5 Å². The first-order valence-electron chi connectivity index (χ1n) is 2.52. The predicted molar refractivity (Wildman–Crippen MR) is 29.8 cm³/mol. The van der Waals surface area contributed by atoms with E-state index in [4.69, 9.17) is 10.8 Å². The SMILES string of the molecule is NC1=C(C(=O)O)C(=O)CO1. The number of carbonyl (C=O) groups is 2. The zero-order valence-corrected chi connectivity index (χ0v) is 4.96. The average molecular weight is 143 g/mol. The maximum atomic E-state index is 10.6. The molecule has 0 amide bonds. The molecule has 0 aromatic rings. The van der Waals surface area contributed by atoms with E-state index in [0.717, 1.165) is 0 Å². The van der Waals surface area contributed by atoms with E-state index in [2.05, 4.69) is 4.74 Å². The molecule has 0 atom stereocenters. The van der Waals surface area contributed by atoms with Crippen molar-refractivity contribution < 1.29 is 19.4 Å². The van der Waals surface area contributed by atoms with Gasteiger partial charge in [-0.05, 0) is 0 Å². The molecule has 3 N–H and O–H groups in total. The van der Waals surface area contributed by atoms with E-state index >= 15 is 0 Å². The average Bonchev–Trinajstić information content (AvgIpc) is 2.11. The van der Waals surface area contributed by atoms with Crippen LogP contribution in [0.2, 0.25) is 0 Å². The smallest absolute Gasteiger partial charge is 0.344 e. The monoisotopic (exact) mass is 143 g/mol. The van der Waals surface area contributed by atoms with Crippen LogP contribution in [0.5, 0.6) is 0 Å². The van der Waals surface area contributed by atoms with Gasteiger partial charge in [0.1, 0.15) is 0 Å². The second-order valence-electron chi connectivity index (χ2n) is 1.76. The fraction of sp³-hybridized carbons (Fsp3) is 0.200. The third-order valence-electron chi connectivity index (χ3n) is 1.10. The maximum absolute atomic E-state index is 10.6. The third-order valence-corrected chi connectivity index (χ3v) is 1.10. The van der Waals surface area contributed by atoms with E-state index in [0.29, 0.717) is 0 Å². The lowest BCUT2D eigenvalue weighted by Gasteiger charge is -1.90. The molecule has 1 heterocycles. The first kappa shape index (κ1) is 6.60. The molecule has 54 valence electrons. The molecule has 1 aliphatic rings. The van der Waals surface area contributed by atoms with E-state index in [1.807, 2.05) is 0 Å². The summed E-state index contributed by atoms with van der Waals surface area (Å²) < 4.78 is 4.47. The van der Waals surface area contributed by atoms with Gasteiger partial charge in [-0.1, -0.05) is 0 Å². The van der Waals surface area contributed by atoms with Crippen molar-refractivity contribution in [2.24, 2.45) is 5.73 Å². The second kappa shape index (κ2) is 2.02. The van der Waals surface area contributed by atoms with E-state index in [9.17, 15) is 9.59 Å². The Hall–Kier alpha value is -1.52. The van der Waals surface area contributed by atoms with Crippen molar-refractivity contribution in [3.8, 4) is 0 Å². The number of hydrogen-bond donors (Lipinski definition) is 2. The van der Waals surface area contributed by atoms with Gasteiger partial charge in [0.15, 0.2) is 12.2 Å². The number of nitrogens with two attached hydrogens (primary N) is 1. The molecule has 0 fully saturated rings. The van der Waals surface area contributed by atoms with Crippen LogP contribution < -0.4 is 5.73 Å². The first-order valence-corrected chi connectivity index (χ1v) is 2.52. The number of hydrogen-bond acceptors (Lipinski definition) is 4. The van der Waals surface area contributed by atoms with Gasteiger partial charge in [0.2, 0.25) is 11.7 Å². The van der Waals surface area contributed by atoms with Crippen molar-refractivity contribution >= 4 is 11.8 Å². The van der Waals surface area contributed by atoms with E-state index in [1.54, 1.807) is 0 Å². The van der Waals surface area contributed by atoms with Crippen LogP contribution in [0, 0.1) is 0 Å². The number of aliphatic carboxylic acids is 1. The summed E-state index contributed by atoms with van der Waals surface area (Å²) in [5, 5.41) is 8.32. The van der Waals surface area contributed by atoms with Crippen LogP contribution in [-0.4, -0.2) is 23.5 Å². The minimum atomic E-state index is -1.33. The van der Waals surface area contributed by atoms with Crippen molar-refractivity contribution in [2.75, 3.05) is 6.61 Å². The first-order chi connectivity index (χ1) is 4.63. The highest BCUT2D eigenvalue weighted by Gasteiger charge is 2.28. The topological polar surface area (TPSA) is 89.6 Å². The molecule has 10 heavy (non-hydrogen) atoms. The molecule has 1 aliphatic heterocycles. The van der Waals surface area contributed by atoms with Crippen LogP contribution in [0.4, 0.5) is 0 Å². The molecule has 5 heteroatoms. The minimum absolute atomic E-state index is 0.256. The Labute approximate surface area is 56.1 Å². The van der Waals surface area contributed by atoms with E-state index < -0.39 is 17.3 Å². The zero-order valence-electron chi connectivity index (χ0n) is 4.96. The Morgan fingerprint density at radius 1 is 1.70 bits per heavy atom. The summed E-state index contributed by atoms with van der Waals surface area (Å²) in [6.45, 7) is -0.256. The Kier molecular flexibility index (Phi) is 1.33. The highest BCUT2D eigenvalue weighted by atomic mass is 16.5. The molecule has 0 aromatic carbocycles. The lowest BCUT2D eigenvalue weighted by molar-refractivity contribution is -0.134. The summed E-state index contributed by atoms with van der Waals surface area (Å²) in [4.78, 5) is 20.8. The third kappa shape index (κ3) is 0.812. The summed E-state index contributed by atoms with van der Waals surface area (Å²) in [5.41, 5.74) is 4.58. The zero-order chi connectivity index (χ0) is 7.72. The predicted octanol–water partition coefficient (Wildman–Crippen LogP) is -1.16. The Morgan fingerprint density at radius 3 is 2.50 bits per heavy atom. The molecule has 0 saturated carbocycles. The van der Waals surface area contributed by atoms with Crippen molar-refractivity contribution in [1.82, 2.24) is 0 Å². The Balaban J connectivity index is 2.99. The van der Waals surface area contributed by atoms with Gasteiger partial charge in [-0.25, -0.2) is 4.79 Å².